The number of nitrogens with zero attached hydrogens (tertiary/aromatic N) is 3. The molecule has 0 radical (unpaired) electrons. The highest BCUT2D eigenvalue weighted by Crippen LogP contribution is 2.46. The Kier molecular flexibility index (Phi) is 5.70. The molecule has 2 aliphatic rings. The van der Waals surface area contributed by atoms with Crippen molar-refractivity contribution < 1.29 is 9.59 Å². The fourth-order valence-electron chi connectivity index (χ4n) is 3.42. The molecule has 0 unspecified atom stereocenters. The van der Waals surface area contributed by atoms with E-state index in [1.807, 2.05) is 0 Å². The fourth-order valence-corrected chi connectivity index (χ4v) is 3.42. The summed E-state index contributed by atoms with van der Waals surface area (Å²) in [6.45, 7) is 10.6. The van der Waals surface area contributed by atoms with Crippen LogP contribution in [0.15, 0.2) is 29.3 Å². The Morgan fingerprint density at radius 2 is 1.65 bits per heavy atom. The molecule has 2 heterocycles. The standard InChI is InChI=1S/C19H26N4O2.HI/c1-18(2)12-23(19(18,3)4)17(20-5)21-10-11-22-15(24)13-8-6-7-9-14(13)16(22)25;/h6-9H,10-12H2,1-5H3,(H,20,21);1H. The van der Waals surface area contributed by atoms with Crippen LogP contribution in [0, 0.1) is 5.41 Å². The molecule has 7 heteroatoms. The number of carbonyl (C=O) groups is 2. The van der Waals surface area contributed by atoms with Gasteiger partial charge in [-0.2, -0.15) is 0 Å². The number of likely N-dealkylation sites (tertiary alicyclic amines) is 1. The normalized spacial score (nSPS) is 20.4. The highest BCUT2D eigenvalue weighted by molar-refractivity contribution is 14.0. The number of halogens is 1. The van der Waals surface area contributed by atoms with Gasteiger partial charge in [-0.05, 0) is 26.0 Å². The van der Waals surface area contributed by atoms with Crippen LogP contribution in [0.3, 0.4) is 0 Å². The Hall–Kier alpha value is -1.64. The molecule has 142 valence electrons. The van der Waals surface area contributed by atoms with E-state index in [-0.39, 0.29) is 46.7 Å². The number of hydrogen-bond acceptors (Lipinski definition) is 3. The topological polar surface area (TPSA) is 65.0 Å². The minimum Gasteiger partial charge on any atom is -0.354 e. The highest BCUT2D eigenvalue weighted by Gasteiger charge is 2.53. The van der Waals surface area contributed by atoms with Gasteiger partial charge in [-0.25, -0.2) is 0 Å². The van der Waals surface area contributed by atoms with Crippen molar-refractivity contribution in [1.82, 2.24) is 15.1 Å². The van der Waals surface area contributed by atoms with Gasteiger partial charge in [-0.1, -0.05) is 26.0 Å². The number of guanidine groups is 1. The Balaban J connectivity index is 0.00000243. The second kappa shape index (κ2) is 7.17. The van der Waals surface area contributed by atoms with E-state index in [4.69, 9.17) is 0 Å². The molecule has 2 amide bonds. The van der Waals surface area contributed by atoms with Gasteiger partial charge in [-0.15, -0.1) is 24.0 Å². The number of imide groups is 1. The van der Waals surface area contributed by atoms with E-state index in [1.165, 1.54) is 4.90 Å². The van der Waals surface area contributed by atoms with Gasteiger partial charge in [0.25, 0.3) is 11.8 Å². The van der Waals surface area contributed by atoms with E-state index in [9.17, 15) is 9.59 Å². The lowest BCUT2D eigenvalue weighted by Gasteiger charge is -2.62. The number of fused-ring (bicyclic) bond motifs is 1. The molecule has 26 heavy (non-hydrogen) atoms. The Labute approximate surface area is 172 Å². The molecule has 1 N–H and O–H groups in total. The lowest BCUT2D eigenvalue weighted by molar-refractivity contribution is -0.0667. The Morgan fingerprint density at radius 1 is 1.12 bits per heavy atom. The molecule has 6 nitrogen and oxygen atoms in total. The van der Waals surface area contributed by atoms with Gasteiger partial charge in [0.2, 0.25) is 0 Å². The molecule has 1 fully saturated rings. The number of hydrogen-bond donors (Lipinski definition) is 1. The summed E-state index contributed by atoms with van der Waals surface area (Å²) in [7, 11) is 1.76. The molecule has 0 atom stereocenters. The number of rotatable bonds is 3. The second-order valence-corrected chi connectivity index (χ2v) is 7.81. The van der Waals surface area contributed by atoms with E-state index in [0.29, 0.717) is 24.2 Å². The van der Waals surface area contributed by atoms with Crippen LogP contribution in [0.25, 0.3) is 0 Å². The minimum absolute atomic E-state index is 0. The molecule has 0 aliphatic carbocycles. The van der Waals surface area contributed by atoms with E-state index >= 15 is 0 Å². The van der Waals surface area contributed by atoms with Crippen LogP contribution in [0.2, 0.25) is 0 Å². The second-order valence-electron chi connectivity index (χ2n) is 7.81. The van der Waals surface area contributed by atoms with Gasteiger partial charge < -0.3 is 10.2 Å². The van der Waals surface area contributed by atoms with Gasteiger partial charge in [0.05, 0.1) is 11.1 Å². The van der Waals surface area contributed by atoms with Crippen molar-refractivity contribution in [2.24, 2.45) is 10.4 Å². The molecule has 0 spiro atoms. The van der Waals surface area contributed by atoms with Crippen molar-refractivity contribution in [1.29, 1.82) is 0 Å². The third-order valence-electron chi connectivity index (χ3n) is 5.85. The average molecular weight is 470 g/mol. The van der Waals surface area contributed by atoms with Crippen LogP contribution in [-0.2, 0) is 0 Å². The van der Waals surface area contributed by atoms with Crippen molar-refractivity contribution in [3.63, 3.8) is 0 Å². The molecular formula is C19H27IN4O2. The number of amides is 2. The number of aliphatic imine (C=N–C) groups is 1. The lowest BCUT2D eigenvalue weighted by Crippen LogP contribution is -2.72. The summed E-state index contributed by atoms with van der Waals surface area (Å²) in [5, 5.41) is 3.29. The first-order valence-corrected chi connectivity index (χ1v) is 8.64. The van der Waals surface area contributed by atoms with Gasteiger partial charge in [-0.3, -0.25) is 19.5 Å². The van der Waals surface area contributed by atoms with Gasteiger partial charge in [0.15, 0.2) is 5.96 Å². The molecular weight excluding hydrogens is 443 g/mol. The van der Waals surface area contributed by atoms with E-state index in [0.717, 1.165) is 12.5 Å². The summed E-state index contributed by atoms with van der Waals surface area (Å²) in [6.07, 6.45) is 0. The summed E-state index contributed by atoms with van der Waals surface area (Å²) in [5.74, 6) is 0.367. The first-order chi connectivity index (χ1) is 11.7. The quantitative estimate of drug-likeness (QED) is 0.319. The maximum absolute atomic E-state index is 12.4. The summed E-state index contributed by atoms with van der Waals surface area (Å²) in [6, 6.07) is 6.96. The molecule has 1 saturated heterocycles. The third-order valence-corrected chi connectivity index (χ3v) is 5.85. The molecule has 0 bridgehead atoms. The smallest absolute Gasteiger partial charge is 0.261 e. The molecule has 0 aromatic heterocycles. The summed E-state index contributed by atoms with van der Waals surface area (Å²) < 4.78 is 0. The zero-order valence-electron chi connectivity index (χ0n) is 16.0. The van der Waals surface area contributed by atoms with E-state index in [2.05, 4.69) is 42.9 Å². The summed E-state index contributed by atoms with van der Waals surface area (Å²) in [4.78, 5) is 32.6. The Bertz CT molecular complexity index is 723. The summed E-state index contributed by atoms with van der Waals surface area (Å²) in [5.41, 5.74) is 1.20. The third kappa shape index (κ3) is 3.10. The maximum atomic E-state index is 12.4. The van der Waals surface area contributed by atoms with Crippen LogP contribution in [0.1, 0.15) is 48.4 Å². The SMILES string of the molecule is CN=C(NCCN1C(=O)c2ccccc2C1=O)N1CC(C)(C)C1(C)C.I. The van der Waals surface area contributed by atoms with Crippen LogP contribution < -0.4 is 5.32 Å². The lowest BCUT2D eigenvalue weighted by atomic mass is 9.65. The predicted molar refractivity (Wildman–Crippen MR) is 113 cm³/mol. The van der Waals surface area contributed by atoms with Crippen LogP contribution in [0.4, 0.5) is 0 Å². The van der Waals surface area contributed by atoms with Gasteiger partial charge in [0.1, 0.15) is 0 Å². The first-order valence-electron chi connectivity index (χ1n) is 8.64. The average Bonchev–Trinajstić information content (AvgIpc) is 2.82. The van der Waals surface area contributed by atoms with E-state index in [1.54, 1.807) is 31.3 Å². The van der Waals surface area contributed by atoms with E-state index < -0.39 is 0 Å². The van der Waals surface area contributed by atoms with Crippen molar-refractivity contribution in [3.05, 3.63) is 35.4 Å². The number of nitrogens with one attached hydrogen (secondary N) is 1. The van der Waals surface area contributed by atoms with Crippen molar-refractivity contribution in [3.8, 4) is 0 Å². The first kappa shape index (κ1) is 20.7. The summed E-state index contributed by atoms with van der Waals surface area (Å²) >= 11 is 0. The van der Waals surface area contributed by atoms with Gasteiger partial charge >= 0.3 is 0 Å². The molecule has 0 saturated carbocycles. The van der Waals surface area contributed by atoms with Gasteiger partial charge in [0, 0.05) is 37.6 Å². The van der Waals surface area contributed by atoms with Crippen LogP contribution in [-0.4, -0.2) is 59.8 Å². The fraction of sp³-hybridized carbons (Fsp3) is 0.526. The Morgan fingerprint density at radius 3 is 2.08 bits per heavy atom. The molecule has 1 aromatic rings. The minimum atomic E-state index is -0.220. The zero-order chi connectivity index (χ0) is 18.4. The molecule has 3 rings (SSSR count). The predicted octanol–water partition coefficient (Wildman–Crippen LogP) is 2.60. The molecule has 2 aliphatic heterocycles. The van der Waals surface area contributed by atoms with Crippen molar-refractivity contribution in [2.45, 2.75) is 33.2 Å². The maximum Gasteiger partial charge on any atom is 0.261 e. The van der Waals surface area contributed by atoms with Crippen molar-refractivity contribution in [2.75, 3.05) is 26.7 Å². The van der Waals surface area contributed by atoms with Crippen LogP contribution >= 0.6 is 24.0 Å². The number of carbonyl (C=O) groups excluding carboxylic acids is 2. The van der Waals surface area contributed by atoms with Crippen LogP contribution in [0.5, 0.6) is 0 Å². The number of benzene rings is 1. The molecule has 1 aromatic carbocycles. The largest absolute Gasteiger partial charge is 0.354 e. The zero-order valence-corrected chi connectivity index (χ0v) is 18.3. The highest BCUT2D eigenvalue weighted by atomic mass is 127. The van der Waals surface area contributed by atoms with Crippen molar-refractivity contribution >= 4 is 41.8 Å². The monoisotopic (exact) mass is 470 g/mol.